The summed E-state index contributed by atoms with van der Waals surface area (Å²) in [6, 6.07) is 5.45. The van der Waals surface area contributed by atoms with Gasteiger partial charge in [-0.05, 0) is 24.1 Å². The molecule has 0 amide bonds. The number of hydrogen-bond acceptors (Lipinski definition) is 1. The van der Waals surface area contributed by atoms with Crippen LogP contribution < -0.4 is 10.5 Å². The number of ether oxygens (including phenoxy) is 1. The maximum absolute atomic E-state index is 7.33. The second kappa shape index (κ2) is 2.31. The molecule has 0 saturated heterocycles. The van der Waals surface area contributed by atoms with Gasteiger partial charge in [-0.2, -0.15) is 0 Å². The molecule has 11 heavy (non-hydrogen) atoms. The number of allylic oxidation sites excluding steroid dienone is 1. The summed E-state index contributed by atoms with van der Waals surface area (Å²) in [5, 5.41) is 0. The van der Waals surface area contributed by atoms with Gasteiger partial charge in [-0.25, -0.2) is 0 Å². The molecule has 0 spiro atoms. The van der Waals surface area contributed by atoms with Gasteiger partial charge in [-0.3, -0.25) is 0 Å². The summed E-state index contributed by atoms with van der Waals surface area (Å²) < 4.78 is 5.20. The van der Waals surface area contributed by atoms with Crippen molar-refractivity contribution >= 4 is 5.69 Å². The summed E-state index contributed by atoms with van der Waals surface area (Å²) in [5.41, 5.74) is 8.99. The largest absolute Gasteiger partial charge is 0.465 e. The zero-order valence-corrected chi connectivity index (χ0v) is 6.00. The fourth-order valence-electron chi connectivity index (χ4n) is 1.13. The minimum atomic E-state index is 0.499. The lowest BCUT2D eigenvalue weighted by Crippen LogP contribution is -1.95. The van der Waals surface area contributed by atoms with E-state index in [1.165, 1.54) is 0 Å². The van der Waals surface area contributed by atoms with Crippen LogP contribution in [0.2, 0.25) is 0 Å². The Kier molecular flexibility index (Phi) is 1.32. The number of rotatable bonds is 0. The second-order valence-corrected chi connectivity index (χ2v) is 2.52. The van der Waals surface area contributed by atoms with Gasteiger partial charge in [-0.1, -0.05) is 6.07 Å². The molecule has 0 aromatic heterocycles. The smallest absolute Gasteiger partial charge is 0.132 e. The third-order valence-corrected chi connectivity index (χ3v) is 1.70. The first-order valence-corrected chi connectivity index (χ1v) is 3.52. The van der Waals surface area contributed by atoms with Gasteiger partial charge in [0.05, 0.1) is 11.9 Å². The predicted octanol–water partition coefficient (Wildman–Crippen LogP) is 2.05. The SMILES string of the molecule is [NH]c1ccc2c(c1)OC=CC2. The van der Waals surface area contributed by atoms with Crippen molar-refractivity contribution in [3.05, 3.63) is 36.1 Å². The van der Waals surface area contributed by atoms with E-state index < -0.39 is 0 Å². The molecule has 1 aliphatic rings. The van der Waals surface area contributed by atoms with Gasteiger partial charge < -0.3 is 10.5 Å². The van der Waals surface area contributed by atoms with Crippen molar-refractivity contribution in [2.24, 2.45) is 0 Å². The Balaban J connectivity index is 2.48. The first kappa shape index (κ1) is 6.28. The molecule has 1 N–H and O–H groups in total. The Bertz CT molecular complexity index is 304. The molecule has 0 aliphatic carbocycles. The van der Waals surface area contributed by atoms with E-state index in [1.54, 1.807) is 18.4 Å². The third kappa shape index (κ3) is 1.07. The fraction of sp³-hybridized carbons (Fsp3) is 0.111. The van der Waals surface area contributed by atoms with E-state index >= 15 is 0 Å². The van der Waals surface area contributed by atoms with Crippen molar-refractivity contribution < 1.29 is 4.74 Å². The van der Waals surface area contributed by atoms with E-state index in [2.05, 4.69) is 0 Å². The minimum absolute atomic E-state index is 0.499. The van der Waals surface area contributed by atoms with Gasteiger partial charge in [0.1, 0.15) is 5.75 Å². The Hall–Kier alpha value is -1.44. The normalized spacial score (nSPS) is 13.8. The van der Waals surface area contributed by atoms with E-state index in [0.29, 0.717) is 5.69 Å². The highest BCUT2D eigenvalue weighted by molar-refractivity contribution is 5.48. The number of nitrogens with one attached hydrogen (secondary N) is 1. The average Bonchev–Trinajstić information content (AvgIpc) is 2.04. The van der Waals surface area contributed by atoms with Gasteiger partial charge in [0.2, 0.25) is 0 Å². The molecule has 1 aromatic carbocycles. The lowest BCUT2D eigenvalue weighted by atomic mass is 10.1. The number of fused-ring (bicyclic) bond motifs is 1. The molecule has 1 aliphatic heterocycles. The molecule has 1 heterocycles. The van der Waals surface area contributed by atoms with E-state index in [9.17, 15) is 0 Å². The van der Waals surface area contributed by atoms with Crippen molar-refractivity contribution in [1.82, 2.24) is 5.73 Å². The van der Waals surface area contributed by atoms with Crippen molar-refractivity contribution in [3.8, 4) is 5.75 Å². The molecule has 2 heteroatoms. The van der Waals surface area contributed by atoms with Crippen molar-refractivity contribution in [2.45, 2.75) is 6.42 Å². The average molecular weight is 146 g/mol. The molecule has 0 saturated carbocycles. The number of benzene rings is 1. The van der Waals surface area contributed by atoms with E-state index in [-0.39, 0.29) is 0 Å². The highest BCUT2D eigenvalue weighted by atomic mass is 16.5. The molecule has 55 valence electrons. The maximum atomic E-state index is 7.33. The first-order chi connectivity index (χ1) is 5.36. The Labute approximate surface area is 65.3 Å². The van der Waals surface area contributed by atoms with Gasteiger partial charge in [-0.15, -0.1) is 0 Å². The van der Waals surface area contributed by atoms with Crippen LogP contribution in [0, 0.1) is 0 Å². The summed E-state index contributed by atoms with van der Waals surface area (Å²) in [4.78, 5) is 0. The third-order valence-electron chi connectivity index (χ3n) is 1.70. The summed E-state index contributed by atoms with van der Waals surface area (Å²) in [6.07, 6.45) is 4.54. The van der Waals surface area contributed by atoms with Crippen LogP contribution in [0.1, 0.15) is 5.56 Å². The summed E-state index contributed by atoms with van der Waals surface area (Å²) in [5.74, 6) is 0.819. The molecule has 1 radical (unpaired) electrons. The van der Waals surface area contributed by atoms with Crippen LogP contribution in [0.3, 0.4) is 0 Å². The topological polar surface area (TPSA) is 33.0 Å². The van der Waals surface area contributed by atoms with Crippen LogP contribution in [0.25, 0.3) is 0 Å². The molecule has 0 fully saturated rings. The summed E-state index contributed by atoms with van der Waals surface area (Å²) >= 11 is 0. The monoisotopic (exact) mass is 146 g/mol. The van der Waals surface area contributed by atoms with Gasteiger partial charge >= 0.3 is 0 Å². The maximum Gasteiger partial charge on any atom is 0.132 e. The van der Waals surface area contributed by atoms with Gasteiger partial charge in [0.15, 0.2) is 0 Å². The second-order valence-electron chi connectivity index (χ2n) is 2.52. The lowest BCUT2D eigenvalue weighted by molar-refractivity contribution is 0.465. The standard InChI is InChI=1S/C9H8NO/c10-8-4-3-7-2-1-5-11-9(7)6-8/h1,3-6,10H,2H2. The quantitative estimate of drug-likeness (QED) is 0.551. The molecule has 0 atom stereocenters. The Morgan fingerprint density at radius 2 is 2.27 bits per heavy atom. The van der Waals surface area contributed by atoms with E-state index in [1.807, 2.05) is 12.1 Å². The Morgan fingerprint density at radius 1 is 1.36 bits per heavy atom. The Morgan fingerprint density at radius 3 is 3.18 bits per heavy atom. The van der Waals surface area contributed by atoms with E-state index in [0.717, 1.165) is 17.7 Å². The summed E-state index contributed by atoms with van der Waals surface area (Å²) in [7, 11) is 0. The van der Waals surface area contributed by atoms with Crippen LogP contribution in [-0.4, -0.2) is 0 Å². The first-order valence-electron chi connectivity index (χ1n) is 3.52. The molecule has 0 unspecified atom stereocenters. The highest BCUT2D eigenvalue weighted by Crippen LogP contribution is 2.25. The van der Waals surface area contributed by atoms with Crippen LogP contribution in [-0.2, 0) is 6.42 Å². The molecule has 2 rings (SSSR count). The molecular weight excluding hydrogens is 138 g/mol. The van der Waals surface area contributed by atoms with Gasteiger partial charge in [0.25, 0.3) is 0 Å². The zero-order chi connectivity index (χ0) is 7.68. The predicted molar refractivity (Wildman–Crippen MR) is 42.7 cm³/mol. The van der Waals surface area contributed by atoms with Crippen LogP contribution in [0.4, 0.5) is 5.69 Å². The zero-order valence-electron chi connectivity index (χ0n) is 6.00. The summed E-state index contributed by atoms with van der Waals surface area (Å²) in [6.45, 7) is 0. The fourth-order valence-corrected chi connectivity index (χ4v) is 1.13. The lowest BCUT2D eigenvalue weighted by Gasteiger charge is -2.10. The molecular formula is C9H8NO. The molecule has 2 nitrogen and oxygen atoms in total. The van der Waals surface area contributed by atoms with Crippen LogP contribution in [0.5, 0.6) is 5.75 Å². The van der Waals surface area contributed by atoms with Crippen molar-refractivity contribution in [2.75, 3.05) is 0 Å². The van der Waals surface area contributed by atoms with Crippen LogP contribution >= 0.6 is 0 Å². The van der Waals surface area contributed by atoms with Crippen molar-refractivity contribution in [1.29, 1.82) is 0 Å². The van der Waals surface area contributed by atoms with Crippen LogP contribution in [0.15, 0.2) is 30.5 Å². The van der Waals surface area contributed by atoms with Gasteiger partial charge in [0, 0.05) is 6.07 Å². The highest BCUT2D eigenvalue weighted by Gasteiger charge is 2.05. The molecule has 0 bridgehead atoms. The minimum Gasteiger partial charge on any atom is -0.465 e. The van der Waals surface area contributed by atoms with Crippen molar-refractivity contribution in [3.63, 3.8) is 0 Å². The van der Waals surface area contributed by atoms with E-state index in [4.69, 9.17) is 10.5 Å². The number of hydrogen-bond donors (Lipinski definition) is 0. The molecule has 1 aromatic rings.